The summed E-state index contributed by atoms with van der Waals surface area (Å²) >= 11 is 0. The number of hydrogen-bond acceptors (Lipinski definition) is 6. The predicted molar refractivity (Wildman–Crippen MR) is 131 cm³/mol. The molecule has 0 radical (unpaired) electrons. The maximum Gasteiger partial charge on any atom is 0.573 e. The summed E-state index contributed by atoms with van der Waals surface area (Å²) in [5.41, 5.74) is 1.46. The molecule has 1 saturated heterocycles. The zero-order valence-corrected chi connectivity index (χ0v) is 21.1. The molecule has 0 aliphatic carbocycles. The molecule has 4 rings (SSSR count). The predicted octanol–water partition coefficient (Wildman–Crippen LogP) is 5.71. The second-order valence-electron chi connectivity index (χ2n) is 9.04. The van der Waals surface area contributed by atoms with Gasteiger partial charge in [-0.15, -0.1) is 13.2 Å². The van der Waals surface area contributed by atoms with Crippen molar-refractivity contribution < 1.29 is 36.3 Å². The van der Waals surface area contributed by atoms with Crippen molar-refractivity contribution in [2.45, 2.75) is 45.4 Å². The number of oxime groups is 1. The Morgan fingerprint density at radius 1 is 1.08 bits per heavy atom. The van der Waals surface area contributed by atoms with Gasteiger partial charge < -0.3 is 14.5 Å². The van der Waals surface area contributed by atoms with Crippen LogP contribution in [-0.4, -0.2) is 45.9 Å². The Hall–Kier alpha value is -4.09. The summed E-state index contributed by atoms with van der Waals surface area (Å²) in [7, 11) is 0. The Morgan fingerprint density at radius 3 is 2.38 bits per heavy atom. The summed E-state index contributed by atoms with van der Waals surface area (Å²) < 4.78 is 69.4. The standard InChI is InChI=1S/C27H25F5N4O3/c1-16(35-39-20-6-3-5-19(13-20)38-27(30,31)32)22-15-33-17(2)34-26(22)18-9-11-36(12-10-18)25(37)14-21-23(28)7-4-8-24(21)29/h3-8,13,15,18H,9-12,14H2,1-2H3/b35-16+. The molecule has 206 valence electrons. The number of alkyl halides is 3. The zero-order valence-electron chi connectivity index (χ0n) is 21.1. The molecule has 0 saturated carbocycles. The molecular formula is C27H25F5N4O3. The van der Waals surface area contributed by atoms with Crippen LogP contribution in [0.5, 0.6) is 11.5 Å². The van der Waals surface area contributed by atoms with E-state index < -0.39 is 23.7 Å². The molecule has 0 spiro atoms. The van der Waals surface area contributed by atoms with Crippen molar-refractivity contribution in [3.8, 4) is 11.5 Å². The van der Waals surface area contributed by atoms with Crippen LogP contribution in [0.3, 0.4) is 0 Å². The number of piperidine rings is 1. The third kappa shape index (κ3) is 7.27. The lowest BCUT2D eigenvalue weighted by molar-refractivity contribution is -0.274. The first kappa shape index (κ1) is 27.9. The van der Waals surface area contributed by atoms with E-state index >= 15 is 0 Å². The van der Waals surface area contributed by atoms with Crippen molar-refractivity contribution in [3.05, 3.63) is 82.9 Å². The molecule has 2 aromatic carbocycles. The van der Waals surface area contributed by atoms with Gasteiger partial charge in [0.05, 0.1) is 17.8 Å². The fraction of sp³-hybridized carbons (Fsp3) is 0.333. The van der Waals surface area contributed by atoms with Crippen LogP contribution in [-0.2, 0) is 11.2 Å². The fourth-order valence-corrected chi connectivity index (χ4v) is 4.34. The molecule has 0 N–H and O–H groups in total. The van der Waals surface area contributed by atoms with Gasteiger partial charge in [-0.05, 0) is 51.0 Å². The van der Waals surface area contributed by atoms with Crippen molar-refractivity contribution in [3.63, 3.8) is 0 Å². The molecule has 1 aliphatic heterocycles. The lowest BCUT2D eigenvalue weighted by Gasteiger charge is -2.32. The smallest absolute Gasteiger partial charge is 0.406 e. The molecule has 0 bridgehead atoms. The number of halogens is 5. The summed E-state index contributed by atoms with van der Waals surface area (Å²) in [4.78, 5) is 28.5. The molecule has 0 atom stereocenters. The van der Waals surface area contributed by atoms with E-state index in [2.05, 4.69) is 19.9 Å². The van der Waals surface area contributed by atoms with E-state index in [1.165, 1.54) is 18.2 Å². The second kappa shape index (κ2) is 11.7. The first-order valence-corrected chi connectivity index (χ1v) is 12.1. The van der Waals surface area contributed by atoms with E-state index in [1.54, 1.807) is 24.9 Å². The summed E-state index contributed by atoms with van der Waals surface area (Å²) in [6.45, 7) is 4.15. The van der Waals surface area contributed by atoms with Gasteiger partial charge in [0.2, 0.25) is 5.91 Å². The summed E-state index contributed by atoms with van der Waals surface area (Å²) in [5, 5.41) is 4.06. The van der Waals surface area contributed by atoms with E-state index in [1.807, 2.05) is 0 Å². The summed E-state index contributed by atoms with van der Waals surface area (Å²) in [6.07, 6.45) is -2.49. The number of aryl methyl sites for hydroxylation is 1. The summed E-state index contributed by atoms with van der Waals surface area (Å²) in [5.74, 6) is -1.78. The van der Waals surface area contributed by atoms with E-state index in [9.17, 15) is 26.7 Å². The Morgan fingerprint density at radius 2 is 1.72 bits per heavy atom. The van der Waals surface area contributed by atoms with E-state index in [0.717, 1.165) is 24.3 Å². The van der Waals surface area contributed by atoms with Crippen LogP contribution in [0.2, 0.25) is 0 Å². The second-order valence-corrected chi connectivity index (χ2v) is 9.04. The average molecular weight is 549 g/mol. The quantitative estimate of drug-likeness (QED) is 0.215. The number of hydrogen-bond donors (Lipinski definition) is 0. The van der Waals surface area contributed by atoms with Crippen molar-refractivity contribution in [1.29, 1.82) is 0 Å². The maximum atomic E-state index is 14.0. The molecule has 12 heteroatoms. The Balaban J connectivity index is 1.44. The zero-order chi connectivity index (χ0) is 28.2. The van der Waals surface area contributed by atoms with E-state index in [0.29, 0.717) is 48.7 Å². The molecular weight excluding hydrogens is 523 g/mol. The topological polar surface area (TPSA) is 76.9 Å². The van der Waals surface area contributed by atoms with Gasteiger partial charge >= 0.3 is 6.36 Å². The highest BCUT2D eigenvalue weighted by atomic mass is 19.4. The Kier molecular flexibility index (Phi) is 8.41. The minimum atomic E-state index is -4.83. The molecule has 3 aromatic rings. The van der Waals surface area contributed by atoms with E-state index in [4.69, 9.17) is 4.84 Å². The summed E-state index contributed by atoms with van der Waals surface area (Å²) in [6, 6.07) is 8.49. The third-order valence-electron chi connectivity index (χ3n) is 6.28. The van der Waals surface area contributed by atoms with Crippen molar-refractivity contribution in [2.24, 2.45) is 5.16 Å². The number of likely N-dealkylation sites (tertiary alicyclic amines) is 1. The van der Waals surface area contributed by atoms with Crippen LogP contribution in [0.25, 0.3) is 0 Å². The van der Waals surface area contributed by atoms with Crippen LogP contribution in [0.4, 0.5) is 22.0 Å². The lowest BCUT2D eigenvalue weighted by atomic mass is 9.89. The van der Waals surface area contributed by atoms with Gasteiger partial charge in [0.25, 0.3) is 0 Å². The molecule has 1 aromatic heterocycles. The number of ether oxygens (including phenoxy) is 1. The number of carbonyl (C=O) groups is 1. The van der Waals surface area contributed by atoms with Crippen LogP contribution in [0, 0.1) is 18.6 Å². The van der Waals surface area contributed by atoms with Crippen molar-refractivity contribution >= 4 is 11.6 Å². The molecule has 0 unspecified atom stereocenters. The molecule has 1 fully saturated rings. The Bertz CT molecular complexity index is 1350. The highest BCUT2D eigenvalue weighted by Gasteiger charge is 2.31. The molecule has 2 heterocycles. The van der Waals surface area contributed by atoms with Crippen molar-refractivity contribution in [2.75, 3.05) is 13.1 Å². The van der Waals surface area contributed by atoms with E-state index in [-0.39, 0.29) is 29.6 Å². The number of benzene rings is 2. The normalized spacial score (nSPS) is 14.8. The first-order valence-electron chi connectivity index (χ1n) is 12.1. The average Bonchev–Trinajstić information content (AvgIpc) is 2.88. The minimum absolute atomic E-state index is 0.0452. The molecule has 1 amide bonds. The van der Waals surface area contributed by atoms with Gasteiger partial charge in [0.1, 0.15) is 23.2 Å². The van der Waals surface area contributed by atoms with Crippen molar-refractivity contribution in [1.82, 2.24) is 14.9 Å². The van der Waals surface area contributed by atoms with Gasteiger partial charge in [-0.2, -0.15) is 0 Å². The fourth-order valence-electron chi connectivity index (χ4n) is 4.34. The number of carbonyl (C=O) groups excluding carboxylic acids is 1. The van der Waals surface area contributed by atoms with Crippen LogP contribution >= 0.6 is 0 Å². The van der Waals surface area contributed by atoms with Crippen LogP contribution in [0.15, 0.2) is 53.8 Å². The molecule has 39 heavy (non-hydrogen) atoms. The van der Waals surface area contributed by atoms with Gasteiger partial charge in [0.15, 0.2) is 5.75 Å². The van der Waals surface area contributed by atoms with Gasteiger partial charge in [-0.3, -0.25) is 4.79 Å². The number of rotatable bonds is 7. The number of nitrogens with zero attached hydrogens (tertiary/aromatic N) is 4. The molecule has 1 aliphatic rings. The number of amides is 1. The third-order valence-corrected chi connectivity index (χ3v) is 6.28. The maximum absolute atomic E-state index is 14.0. The van der Waals surface area contributed by atoms with Gasteiger partial charge in [-0.1, -0.05) is 17.3 Å². The van der Waals surface area contributed by atoms with Crippen LogP contribution in [0.1, 0.15) is 48.3 Å². The minimum Gasteiger partial charge on any atom is -0.406 e. The van der Waals surface area contributed by atoms with Gasteiger partial charge in [-0.25, -0.2) is 18.7 Å². The Labute approximate surface area is 221 Å². The monoisotopic (exact) mass is 548 g/mol. The SMILES string of the molecule is C/C(=N\Oc1cccc(OC(F)(F)F)c1)c1cnc(C)nc1C1CCN(C(=O)Cc2c(F)cccc2F)CC1. The lowest BCUT2D eigenvalue weighted by Crippen LogP contribution is -2.39. The van der Waals surface area contributed by atoms with Gasteiger partial charge in [0, 0.05) is 42.4 Å². The highest BCUT2D eigenvalue weighted by molar-refractivity contribution is 5.99. The number of aromatic nitrogens is 2. The largest absolute Gasteiger partial charge is 0.573 e. The molecule has 7 nitrogen and oxygen atoms in total. The first-order chi connectivity index (χ1) is 18.5. The van der Waals surface area contributed by atoms with Crippen LogP contribution < -0.4 is 9.57 Å². The highest BCUT2D eigenvalue weighted by Crippen LogP contribution is 2.30.